The highest BCUT2D eigenvalue weighted by Gasteiger charge is 2.35. The number of sulfonamides is 1. The second kappa shape index (κ2) is 6.08. The van der Waals surface area contributed by atoms with E-state index < -0.39 is 39.1 Å². The average Bonchev–Trinajstić information content (AvgIpc) is 2.41. The quantitative estimate of drug-likeness (QED) is 0.747. The molecule has 0 aromatic heterocycles. The van der Waals surface area contributed by atoms with Crippen LogP contribution in [0.3, 0.4) is 0 Å². The number of hydrogen-bond acceptors (Lipinski definition) is 2. The maximum atomic E-state index is 13.7. The Bertz CT molecular complexity index is 835. The Morgan fingerprint density at radius 1 is 0.957 bits per heavy atom. The van der Waals surface area contributed by atoms with Gasteiger partial charge in [-0.25, -0.2) is 17.2 Å². The number of hydrogen-bond donors (Lipinski definition) is 1. The lowest BCUT2D eigenvalue weighted by Gasteiger charge is -2.12. The van der Waals surface area contributed by atoms with Gasteiger partial charge in [0.25, 0.3) is 10.0 Å². The van der Waals surface area contributed by atoms with Crippen molar-refractivity contribution in [3.05, 3.63) is 58.1 Å². The predicted octanol–water partition coefficient (Wildman–Crippen LogP) is 4.55. The second-order valence-electron chi connectivity index (χ2n) is 4.37. The molecule has 2 rings (SSSR count). The highest BCUT2D eigenvalue weighted by molar-refractivity contribution is 9.10. The van der Waals surface area contributed by atoms with E-state index in [-0.39, 0.29) is 17.0 Å². The minimum absolute atomic E-state index is 0.102. The third-order valence-corrected chi connectivity index (χ3v) is 4.64. The van der Waals surface area contributed by atoms with Crippen LogP contribution < -0.4 is 4.72 Å². The maximum Gasteiger partial charge on any atom is 0.419 e. The Hall–Kier alpha value is -1.68. The van der Waals surface area contributed by atoms with Gasteiger partial charge in [0.2, 0.25) is 0 Å². The Morgan fingerprint density at radius 3 is 2.04 bits per heavy atom. The monoisotopic (exact) mass is 415 g/mol. The fourth-order valence-electron chi connectivity index (χ4n) is 1.66. The van der Waals surface area contributed by atoms with Crippen molar-refractivity contribution in [2.45, 2.75) is 11.1 Å². The molecule has 0 amide bonds. The van der Waals surface area contributed by atoms with Crippen LogP contribution >= 0.6 is 15.9 Å². The number of halogens is 6. The zero-order valence-corrected chi connectivity index (χ0v) is 13.4. The molecule has 2 aromatic carbocycles. The van der Waals surface area contributed by atoms with Crippen LogP contribution in [0.25, 0.3) is 0 Å². The first-order valence-electron chi connectivity index (χ1n) is 5.85. The molecule has 0 radical (unpaired) electrons. The Balaban J connectivity index is 2.40. The molecule has 3 nitrogen and oxygen atoms in total. The van der Waals surface area contributed by atoms with Crippen LogP contribution in [-0.2, 0) is 16.2 Å². The summed E-state index contributed by atoms with van der Waals surface area (Å²) in [6.07, 6.45) is -5.09. The molecule has 0 saturated carbocycles. The van der Waals surface area contributed by atoms with Gasteiger partial charge >= 0.3 is 6.18 Å². The first-order chi connectivity index (χ1) is 10.5. The highest BCUT2D eigenvalue weighted by atomic mass is 79.9. The van der Waals surface area contributed by atoms with Gasteiger partial charge in [-0.3, -0.25) is 4.72 Å². The number of nitrogens with one attached hydrogen (secondary N) is 1. The van der Waals surface area contributed by atoms with Crippen molar-refractivity contribution < 1.29 is 30.4 Å². The van der Waals surface area contributed by atoms with Crippen molar-refractivity contribution in [3.8, 4) is 0 Å². The summed E-state index contributed by atoms with van der Waals surface area (Å²) in [5.74, 6) is -3.33. The van der Waals surface area contributed by atoms with Crippen molar-refractivity contribution >= 4 is 31.6 Å². The summed E-state index contributed by atoms with van der Waals surface area (Å²) in [6.45, 7) is 0. The van der Waals surface area contributed by atoms with E-state index in [9.17, 15) is 30.4 Å². The van der Waals surface area contributed by atoms with Crippen LogP contribution in [0.4, 0.5) is 27.6 Å². The summed E-state index contributed by atoms with van der Waals surface area (Å²) in [6, 6.07) is 5.22. The van der Waals surface area contributed by atoms with Gasteiger partial charge < -0.3 is 0 Å². The van der Waals surface area contributed by atoms with Gasteiger partial charge in [0, 0.05) is 10.5 Å². The van der Waals surface area contributed by atoms with Crippen LogP contribution in [-0.4, -0.2) is 8.42 Å². The fraction of sp³-hybridized carbons (Fsp3) is 0.0769. The molecule has 0 aliphatic carbocycles. The first kappa shape index (κ1) is 17.7. The molecule has 1 N–H and O–H groups in total. The minimum atomic E-state index is -5.09. The van der Waals surface area contributed by atoms with E-state index in [4.69, 9.17) is 0 Å². The predicted molar refractivity (Wildman–Crippen MR) is 76.3 cm³/mol. The van der Waals surface area contributed by atoms with E-state index in [1.165, 1.54) is 24.3 Å². The largest absolute Gasteiger partial charge is 0.419 e. The lowest BCUT2D eigenvalue weighted by atomic mass is 10.2. The Morgan fingerprint density at radius 2 is 1.52 bits per heavy atom. The van der Waals surface area contributed by atoms with Crippen LogP contribution in [0, 0.1) is 11.6 Å². The molecular weight excluding hydrogens is 409 g/mol. The average molecular weight is 416 g/mol. The van der Waals surface area contributed by atoms with Crippen molar-refractivity contribution in [3.63, 3.8) is 0 Å². The standard InChI is InChI=1S/C13H7BrF5NO2S/c14-7-1-3-8(4-2-7)23(21,22)20-12-6-10(15)9(5-11(12)16)13(17,18)19/h1-6,20H. The van der Waals surface area contributed by atoms with E-state index in [0.29, 0.717) is 4.47 Å². The second-order valence-corrected chi connectivity index (χ2v) is 6.97. The summed E-state index contributed by atoms with van der Waals surface area (Å²) in [4.78, 5) is -0.264. The van der Waals surface area contributed by atoms with Gasteiger partial charge in [-0.05, 0) is 30.3 Å². The molecular formula is C13H7BrF5NO2S. The Labute approximate surface area is 136 Å². The molecule has 0 saturated heterocycles. The molecule has 0 spiro atoms. The topological polar surface area (TPSA) is 46.2 Å². The van der Waals surface area contributed by atoms with Crippen LogP contribution in [0.5, 0.6) is 0 Å². The number of benzene rings is 2. The van der Waals surface area contributed by atoms with E-state index in [2.05, 4.69) is 15.9 Å². The number of rotatable bonds is 3. The molecule has 0 aliphatic heterocycles. The molecule has 0 atom stereocenters. The molecule has 124 valence electrons. The van der Waals surface area contributed by atoms with Gasteiger partial charge in [-0.15, -0.1) is 0 Å². The maximum absolute atomic E-state index is 13.7. The SMILES string of the molecule is O=S(=O)(Nc1cc(F)c(C(F)(F)F)cc1F)c1ccc(Br)cc1. The smallest absolute Gasteiger partial charge is 0.277 e. The first-order valence-corrected chi connectivity index (χ1v) is 8.13. The summed E-state index contributed by atoms with van der Waals surface area (Å²) in [5, 5.41) is 0. The van der Waals surface area contributed by atoms with E-state index in [1.807, 2.05) is 0 Å². The molecule has 0 fully saturated rings. The molecule has 0 bridgehead atoms. The number of anilines is 1. The molecule has 2 aromatic rings. The Kier molecular flexibility index (Phi) is 4.67. The summed E-state index contributed by atoms with van der Waals surface area (Å²) >= 11 is 3.10. The van der Waals surface area contributed by atoms with Crippen molar-refractivity contribution in [1.82, 2.24) is 0 Å². The zero-order chi connectivity index (χ0) is 17.4. The van der Waals surface area contributed by atoms with Crippen LogP contribution in [0.1, 0.15) is 5.56 Å². The van der Waals surface area contributed by atoms with E-state index >= 15 is 0 Å². The summed E-state index contributed by atoms with van der Waals surface area (Å²) in [7, 11) is -4.28. The van der Waals surface area contributed by atoms with Gasteiger partial charge in [0.05, 0.1) is 16.1 Å². The van der Waals surface area contributed by atoms with Crippen molar-refractivity contribution in [2.24, 2.45) is 0 Å². The molecule has 10 heteroatoms. The lowest BCUT2D eigenvalue weighted by Crippen LogP contribution is -2.16. The fourth-order valence-corrected chi connectivity index (χ4v) is 2.98. The van der Waals surface area contributed by atoms with Gasteiger partial charge in [0.15, 0.2) is 0 Å². The lowest BCUT2D eigenvalue weighted by molar-refractivity contribution is -0.140. The normalized spacial score (nSPS) is 12.3. The van der Waals surface area contributed by atoms with Gasteiger partial charge in [0.1, 0.15) is 11.6 Å². The zero-order valence-electron chi connectivity index (χ0n) is 11.0. The van der Waals surface area contributed by atoms with E-state index in [1.54, 1.807) is 4.72 Å². The van der Waals surface area contributed by atoms with E-state index in [0.717, 1.165) is 0 Å². The minimum Gasteiger partial charge on any atom is -0.277 e. The summed E-state index contributed by atoms with van der Waals surface area (Å²) in [5.41, 5.74) is -2.74. The third-order valence-electron chi connectivity index (χ3n) is 2.73. The van der Waals surface area contributed by atoms with Crippen molar-refractivity contribution in [1.29, 1.82) is 0 Å². The third kappa shape index (κ3) is 3.99. The summed E-state index contributed by atoms with van der Waals surface area (Å²) < 4.78 is 90.8. The van der Waals surface area contributed by atoms with Gasteiger partial charge in [-0.2, -0.15) is 13.2 Å². The van der Waals surface area contributed by atoms with Crippen LogP contribution in [0.2, 0.25) is 0 Å². The highest BCUT2D eigenvalue weighted by Crippen LogP contribution is 2.34. The van der Waals surface area contributed by atoms with Crippen LogP contribution in [0.15, 0.2) is 45.8 Å². The molecule has 23 heavy (non-hydrogen) atoms. The molecule has 0 unspecified atom stereocenters. The molecule has 0 heterocycles. The number of alkyl halides is 3. The van der Waals surface area contributed by atoms with Gasteiger partial charge in [-0.1, -0.05) is 15.9 Å². The molecule has 0 aliphatic rings. The van der Waals surface area contributed by atoms with Crippen molar-refractivity contribution in [2.75, 3.05) is 4.72 Å².